The fourth-order valence-corrected chi connectivity index (χ4v) is 4.86. The van der Waals surface area contributed by atoms with Gasteiger partial charge < -0.3 is 19.3 Å². The SMILES string of the molecule is CCCC/C=C/CCCCCCCC(=O)OC[C@H](COP(=O)(O)O)OC(=O)CCCCCCC/C=C/C/C=C/CCCCC. The molecule has 44 heavy (non-hydrogen) atoms. The molecule has 0 rings (SSSR count). The number of allylic oxidation sites excluding steroid dienone is 6. The quantitative estimate of drug-likeness (QED) is 0.0332. The van der Waals surface area contributed by atoms with Crippen molar-refractivity contribution in [2.45, 2.75) is 161 Å². The molecule has 0 radical (unpaired) electrons. The molecule has 0 bridgehead atoms. The van der Waals surface area contributed by atoms with E-state index in [0.29, 0.717) is 12.8 Å². The lowest BCUT2D eigenvalue weighted by molar-refractivity contribution is -0.161. The second-order valence-corrected chi connectivity index (χ2v) is 12.7. The minimum atomic E-state index is -4.75. The van der Waals surface area contributed by atoms with Crippen LogP contribution in [0, 0.1) is 0 Å². The Labute approximate surface area is 268 Å². The third-order valence-corrected chi connectivity index (χ3v) is 7.62. The summed E-state index contributed by atoms with van der Waals surface area (Å²) in [6.07, 6.45) is 34.4. The van der Waals surface area contributed by atoms with Crippen molar-refractivity contribution >= 4 is 19.8 Å². The maximum Gasteiger partial charge on any atom is 0.469 e. The highest BCUT2D eigenvalue weighted by Crippen LogP contribution is 2.35. The van der Waals surface area contributed by atoms with Crippen molar-refractivity contribution in [2.24, 2.45) is 0 Å². The maximum atomic E-state index is 12.3. The van der Waals surface area contributed by atoms with Crippen LogP contribution in [0.25, 0.3) is 0 Å². The molecule has 0 unspecified atom stereocenters. The van der Waals surface area contributed by atoms with Gasteiger partial charge in [-0.05, 0) is 64.2 Å². The van der Waals surface area contributed by atoms with E-state index in [1.165, 1.54) is 38.5 Å². The molecule has 0 aromatic rings. The van der Waals surface area contributed by atoms with Crippen molar-refractivity contribution < 1.29 is 37.9 Å². The maximum absolute atomic E-state index is 12.3. The zero-order valence-corrected chi connectivity index (χ0v) is 28.7. The summed E-state index contributed by atoms with van der Waals surface area (Å²) in [5.74, 6) is -0.916. The zero-order chi connectivity index (χ0) is 32.6. The minimum absolute atomic E-state index is 0.194. The molecule has 0 aliphatic carbocycles. The molecule has 1 atom stereocenters. The van der Waals surface area contributed by atoms with Crippen LogP contribution < -0.4 is 0 Å². The number of phosphoric acid groups is 1. The van der Waals surface area contributed by atoms with Crippen molar-refractivity contribution in [3.63, 3.8) is 0 Å². The molecule has 0 amide bonds. The number of carbonyl (C=O) groups excluding carboxylic acids is 2. The van der Waals surface area contributed by atoms with Crippen molar-refractivity contribution in [1.29, 1.82) is 0 Å². The van der Waals surface area contributed by atoms with Gasteiger partial charge in [-0.25, -0.2) is 4.57 Å². The van der Waals surface area contributed by atoms with E-state index in [4.69, 9.17) is 19.3 Å². The topological polar surface area (TPSA) is 119 Å². The van der Waals surface area contributed by atoms with Gasteiger partial charge in [-0.3, -0.25) is 14.1 Å². The van der Waals surface area contributed by atoms with Gasteiger partial charge in [0.2, 0.25) is 0 Å². The second kappa shape index (κ2) is 31.3. The summed E-state index contributed by atoms with van der Waals surface area (Å²) in [5, 5.41) is 0. The molecular formula is C35H63O8P. The minimum Gasteiger partial charge on any atom is -0.462 e. The Balaban J connectivity index is 4.05. The van der Waals surface area contributed by atoms with Gasteiger partial charge in [-0.15, -0.1) is 0 Å². The van der Waals surface area contributed by atoms with Crippen LogP contribution in [-0.2, 0) is 28.2 Å². The molecule has 256 valence electrons. The Hall–Kier alpha value is -1.73. The van der Waals surface area contributed by atoms with E-state index in [1.54, 1.807) is 0 Å². The standard InChI is InChI=1S/C35H63O8P/c1-3-5-7-9-11-13-15-16-17-18-20-22-24-26-28-30-35(37)43-33(32-42-44(38,39)40)31-41-34(36)29-27-25-23-21-19-14-12-10-8-6-4-2/h10-13,16-17,33H,3-9,14-15,18-32H2,1-2H3,(H2,38,39,40)/b12-10+,13-11+,17-16+/t33-/m1/s1. The van der Waals surface area contributed by atoms with Gasteiger partial charge >= 0.3 is 19.8 Å². The van der Waals surface area contributed by atoms with E-state index in [0.717, 1.165) is 77.0 Å². The lowest BCUT2D eigenvalue weighted by Crippen LogP contribution is -2.29. The number of rotatable bonds is 31. The summed E-state index contributed by atoms with van der Waals surface area (Å²) in [4.78, 5) is 42.5. The first-order chi connectivity index (χ1) is 21.3. The molecule has 0 saturated carbocycles. The Morgan fingerprint density at radius 3 is 1.59 bits per heavy atom. The van der Waals surface area contributed by atoms with Gasteiger partial charge in [0.15, 0.2) is 6.10 Å². The van der Waals surface area contributed by atoms with Gasteiger partial charge in [0, 0.05) is 12.8 Å². The average molecular weight is 643 g/mol. The van der Waals surface area contributed by atoms with Crippen LogP contribution >= 0.6 is 7.82 Å². The molecule has 0 aromatic heterocycles. The van der Waals surface area contributed by atoms with Gasteiger partial charge in [-0.2, -0.15) is 0 Å². The number of unbranched alkanes of at least 4 members (excludes halogenated alkanes) is 15. The summed E-state index contributed by atoms with van der Waals surface area (Å²) in [6.45, 7) is 3.57. The lowest BCUT2D eigenvalue weighted by Gasteiger charge is -2.18. The van der Waals surface area contributed by atoms with E-state index in [1.807, 2.05) is 0 Å². The van der Waals surface area contributed by atoms with Gasteiger partial charge in [-0.1, -0.05) is 115 Å². The van der Waals surface area contributed by atoms with Crippen molar-refractivity contribution in [3.8, 4) is 0 Å². The zero-order valence-electron chi connectivity index (χ0n) is 27.8. The van der Waals surface area contributed by atoms with Crippen LogP contribution in [0.4, 0.5) is 0 Å². The predicted octanol–water partition coefficient (Wildman–Crippen LogP) is 9.84. The first-order valence-electron chi connectivity index (χ1n) is 17.3. The second-order valence-electron chi connectivity index (χ2n) is 11.5. The number of hydrogen-bond donors (Lipinski definition) is 2. The first-order valence-corrected chi connectivity index (χ1v) is 18.8. The van der Waals surface area contributed by atoms with Crippen LogP contribution in [0.2, 0.25) is 0 Å². The molecule has 0 aromatic carbocycles. The number of ether oxygens (including phenoxy) is 2. The highest BCUT2D eigenvalue weighted by Gasteiger charge is 2.22. The van der Waals surface area contributed by atoms with E-state index in [-0.39, 0.29) is 19.4 Å². The first kappa shape index (κ1) is 42.3. The van der Waals surface area contributed by atoms with Crippen molar-refractivity contribution in [1.82, 2.24) is 0 Å². The highest BCUT2D eigenvalue weighted by molar-refractivity contribution is 7.46. The van der Waals surface area contributed by atoms with Crippen LogP contribution in [-0.4, -0.2) is 41.0 Å². The molecule has 0 saturated heterocycles. The summed E-state index contributed by atoms with van der Waals surface area (Å²) in [5.41, 5.74) is 0. The van der Waals surface area contributed by atoms with E-state index in [2.05, 4.69) is 54.8 Å². The summed E-state index contributed by atoms with van der Waals surface area (Å²) in [7, 11) is -4.75. The third-order valence-electron chi connectivity index (χ3n) is 7.13. The number of hydrogen-bond acceptors (Lipinski definition) is 6. The summed E-state index contributed by atoms with van der Waals surface area (Å²) >= 11 is 0. The van der Waals surface area contributed by atoms with Crippen molar-refractivity contribution in [2.75, 3.05) is 13.2 Å². The van der Waals surface area contributed by atoms with E-state index < -0.39 is 32.5 Å². The van der Waals surface area contributed by atoms with Crippen LogP contribution in [0.5, 0.6) is 0 Å². The van der Waals surface area contributed by atoms with Crippen LogP contribution in [0.3, 0.4) is 0 Å². The Morgan fingerprint density at radius 2 is 1.05 bits per heavy atom. The van der Waals surface area contributed by atoms with E-state index >= 15 is 0 Å². The molecule has 8 nitrogen and oxygen atoms in total. The Bertz CT molecular complexity index is 818. The molecule has 0 aliphatic rings. The Kier molecular flexibility index (Phi) is 30.0. The fourth-order valence-electron chi connectivity index (χ4n) is 4.50. The van der Waals surface area contributed by atoms with Crippen molar-refractivity contribution in [3.05, 3.63) is 36.5 Å². The highest BCUT2D eigenvalue weighted by atomic mass is 31.2. The van der Waals surface area contributed by atoms with Gasteiger partial charge in [0.1, 0.15) is 6.61 Å². The lowest BCUT2D eigenvalue weighted by atomic mass is 10.1. The van der Waals surface area contributed by atoms with Gasteiger partial charge in [0.25, 0.3) is 0 Å². The molecule has 9 heteroatoms. The molecule has 0 aliphatic heterocycles. The van der Waals surface area contributed by atoms with Gasteiger partial charge in [0.05, 0.1) is 6.61 Å². The Morgan fingerprint density at radius 1 is 0.591 bits per heavy atom. The molecular weight excluding hydrogens is 579 g/mol. The third kappa shape index (κ3) is 33.2. The number of esters is 2. The molecule has 0 heterocycles. The number of phosphoric ester groups is 1. The van der Waals surface area contributed by atoms with E-state index in [9.17, 15) is 14.2 Å². The molecule has 0 fully saturated rings. The average Bonchev–Trinajstić information content (AvgIpc) is 2.98. The summed E-state index contributed by atoms with van der Waals surface area (Å²) in [6, 6.07) is 0. The predicted molar refractivity (Wildman–Crippen MR) is 179 cm³/mol. The normalized spacial score (nSPS) is 12.9. The van der Waals surface area contributed by atoms with Crippen LogP contribution in [0.1, 0.15) is 155 Å². The fraction of sp³-hybridized carbons (Fsp3) is 0.771. The smallest absolute Gasteiger partial charge is 0.462 e. The molecule has 0 spiro atoms. The monoisotopic (exact) mass is 642 g/mol. The summed E-state index contributed by atoms with van der Waals surface area (Å²) < 4.78 is 26.2. The van der Waals surface area contributed by atoms with Crippen LogP contribution in [0.15, 0.2) is 36.5 Å². The number of carbonyl (C=O) groups is 2. The largest absolute Gasteiger partial charge is 0.469 e. The molecule has 2 N–H and O–H groups in total.